The smallest absolute Gasteiger partial charge is 0.261 e. The lowest BCUT2D eigenvalue weighted by atomic mass is 10.1. The van der Waals surface area contributed by atoms with Gasteiger partial charge in [0, 0.05) is 18.9 Å². The molecule has 7 heteroatoms. The summed E-state index contributed by atoms with van der Waals surface area (Å²) < 4.78 is 27.6. The summed E-state index contributed by atoms with van der Waals surface area (Å²) in [7, 11) is 0. The van der Waals surface area contributed by atoms with Crippen LogP contribution in [0, 0.1) is 0 Å². The fourth-order valence-electron chi connectivity index (χ4n) is 3.79. The fourth-order valence-corrected chi connectivity index (χ4v) is 3.79. The monoisotopic (exact) mass is 370 g/mol. The lowest BCUT2D eigenvalue weighted by molar-refractivity contribution is 0.120. The first kappa shape index (κ1) is 17.7. The van der Waals surface area contributed by atoms with Gasteiger partial charge in [0.1, 0.15) is 5.82 Å². The van der Waals surface area contributed by atoms with Crippen LogP contribution in [0.5, 0.6) is 0 Å². The third-order valence-electron chi connectivity index (χ3n) is 4.98. The van der Waals surface area contributed by atoms with Gasteiger partial charge in [-0.3, -0.25) is 19.2 Å². The van der Waals surface area contributed by atoms with Crippen LogP contribution < -0.4 is 5.56 Å². The van der Waals surface area contributed by atoms with Crippen molar-refractivity contribution in [2.24, 2.45) is 0 Å². The van der Waals surface area contributed by atoms with Crippen LogP contribution >= 0.6 is 0 Å². The number of alkyl halides is 2. The third kappa shape index (κ3) is 3.60. The SMILES string of the molecule is O=c1c2ccccc2nc(C2CCCN2Cc2cccnc2)n1CC(F)F. The van der Waals surface area contributed by atoms with Gasteiger partial charge in [-0.2, -0.15) is 0 Å². The zero-order chi connectivity index (χ0) is 18.8. The van der Waals surface area contributed by atoms with Crippen molar-refractivity contribution in [1.82, 2.24) is 19.4 Å². The van der Waals surface area contributed by atoms with Crippen molar-refractivity contribution in [1.29, 1.82) is 0 Å². The summed E-state index contributed by atoms with van der Waals surface area (Å²) >= 11 is 0. The highest BCUT2D eigenvalue weighted by molar-refractivity contribution is 5.77. The van der Waals surface area contributed by atoms with Crippen molar-refractivity contribution in [2.45, 2.75) is 38.4 Å². The Morgan fingerprint density at radius 3 is 2.81 bits per heavy atom. The summed E-state index contributed by atoms with van der Waals surface area (Å²) in [6.45, 7) is 0.843. The minimum absolute atomic E-state index is 0.165. The Balaban J connectivity index is 1.77. The molecule has 3 heterocycles. The molecular weight excluding hydrogens is 350 g/mol. The molecular formula is C20H20F2N4O. The molecule has 0 N–H and O–H groups in total. The minimum Gasteiger partial charge on any atom is -0.289 e. The van der Waals surface area contributed by atoms with Crippen molar-refractivity contribution < 1.29 is 8.78 Å². The first-order valence-electron chi connectivity index (χ1n) is 9.04. The number of hydrogen-bond acceptors (Lipinski definition) is 4. The molecule has 0 aliphatic carbocycles. The van der Waals surface area contributed by atoms with Crippen LogP contribution in [0.1, 0.15) is 30.3 Å². The molecule has 1 aliphatic heterocycles. The van der Waals surface area contributed by atoms with Gasteiger partial charge in [0.05, 0.1) is 23.5 Å². The van der Waals surface area contributed by atoms with Crippen molar-refractivity contribution >= 4 is 10.9 Å². The molecule has 0 saturated carbocycles. The second-order valence-electron chi connectivity index (χ2n) is 6.78. The summed E-state index contributed by atoms with van der Waals surface area (Å²) in [5.74, 6) is 0.431. The number of benzene rings is 1. The van der Waals surface area contributed by atoms with E-state index >= 15 is 0 Å². The van der Waals surface area contributed by atoms with Gasteiger partial charge < -0.3 is 0 Å². The van der Waals surface area contributed by atoms with Gasteiger partial charge in [-0.25, -0.2) is 13.8 Å². The maximum atomic E-state index is 13.2. The molecule has 2 aromatic heterocycles. The van der Waals surface area contributed by atoms with Crippen molar-refractivity contribution in [3.63, 3.8) is 0 Å². The van der Waals surface area contributed by atoms with Crippen molar-refractivity contribution in [2.75, 3.05) is 6.54 Å². The summed E-state index contributed by atoms with van der Waals surface area (Å²) in [6.07, 6.45) is 2.62. The van der Waals surface area contributed by atoms with Crippen LogP contribution in [0.4, 0.5) is 8.78 Å². The number of likely N-dealkylation sites (tertiary alicyclic amines) is 1. The van der Waals surface area contributed by atoms with E-state index in [1.807, 2.05) is 12.1 Å². The van der Waals surface area contributed by atoms with Gasteiger partial charge >= 0.3 is 0 Å². The average molecular weight is 370 g/mol. The van der Waals surface area contributed by atoms with Crippen LogP contribution in [0.15, 0.2) is 53.6 Å². The number of pyridine rings is 1. The highest BCUT2D eigenvalue weighted by atomic mass is 19.3. The number of fused-ring (bicyclic) bond motifs is 1. The summed E-state index contributed by atoms with van der Waals surface area (Å²) in [5, 5.41) is 0.374. The van der Waals surface area contributed by atoms with Crippen LogP contribution in [-0.4, -0.2) is 32.4 Å². The maximum Gasteiger partial charge on any atom is 0.261 e. The van der Waals surface area contributed by atoms with Gasteiger partial charge in [0.2, 0.25) is 0 Å². The zero-order valence-electron chi connectivity index (χ0n) is 14.8. The first-order chi connectivity index (χ1) is 13.1. The molecule has 5 nitrogen and oxygen atoms in total. The normalized spacial score (nSPS) is 17.8. The Labute approximate surface area is 155 Å². The van der Waals surface area contributed by atoms with Gasteiger partial charge in [0.15, 0.2) is 0 Å². The van der Waals surface area contributed by atoms with E-state index in [2.05, 4.69) is 14.9 Å². The molecule has 0 spiro atoms. The Bertz CT molecular complexity index is 990. The Kier molecular flexibility index (Phi) is 4.94. The topological polar surface area (TPSA) is 51.0 Å². The van der Waals surface area contributed by atoms with Gasteiger partial charge in [0.25, 0.3) is 12.0 Å². The quantitative estimate of drug-likeness (QED) is 0.691. The molecule has 1 unspecified atom stereocenters. The number of para-hydroxylation sites is 1. The van der Waals surface area contributed by atoms with Crippen LogP contribution in [0.25, 0.3) is 10.9 Å². The first-order valence-corrected chi connectivity index (χ1v) is 9.04. The minimum atomic E-state index is -2.61. The van der Waals surface area contributed by atoms with E-state index in [1.54, 1.807) is 36.7 Å². The molecule has 27 heavy (non-hydrogen) atoms. The molecule has 1 fully saturated rings. The van der Waals surface area contributed by atoms with E-state index in [-0.39, 0.29) is 6.04 Å². The number of nitrogens with zero attached hydrogens (tertiary/aromatic N) is 4. The number of aromatic nitrogens is 3. The van der Waals surface area contributed by atoms with E-state index in [0.717, 1.165) is 24.9 Å². The van der Waals surface area contributed by atoms with Crippen LogP contribution in [0.3, 0.4) is 0 Å². The molecule has 1 saturated heterocycles. The molecule has 3 aromatic rings. The summed E-state index contributed by atoms with van der Waals surface area (Å²) in [5.41, 5.74) is 1.20. The number of rotatable bonds is 5. The second-order valence-corrected chi connectivity index (χ2v) is 6.78. The summed E-state index contributed by atoms with van der Waals surface area (Å²) in [6, 6.07) is 10.6. The Morgan fingerprint density at radius 1 is 1.19 bits per heavy atom. The van der Waals surface area contributed by atoms with Crippen molar-refractivity contribution in [3.8, 4) is 0 Å². The lowest BCUT2D eigenvalue weighted by Gasteiger charge is -2.26. The lowest BCUT2D eigenvalue weighted by Crippen LogP contribution is -2.33. The Hall–Kier alpha value is -2.67. The molecule has 0 bridgehead atoms. The van der Waals surface area contributed by atoms with E-state index in [0.29, 0.717) is 23.3 Å². The number of halogens is 2. The standard InChI is InChI=1S/C20H20F2N4O/c21-18(22)13-26-19(24-16-7-2-1-6-15(16)20(26)27)17-8-4-10-25(17)12-14-5-3-9-23-11-14/h1-3,5-7,9,11,17-18H,4,8,10,12-13H2. The second kappa shape index (κ2) is 7.52. The average Bonchev–Trinajstić information content (AvgIpc) is 3.12. The van der Waals surface area contributed by atoms with Gasteiger partial charge in [-0.05, 0) is 43.1 Å². The fraction of sp³-hybridized carbons (Fsp3) is 0.350. The van der Waals surface area contributed by atoms with Crippen molar-refractivity contribution in [3.05, 3.63) is 70.5 Å². The van der Waals surface area contributed by atoms with E-state index in [1.165, 1.54) is 4.57 Å². The molecule has 1 aromatic carbocycles. The molecule has 0 radical (unpaired) electrons. The van der Waals surface area contributed by atoms with E-state index < -0.39 is 18.5 Å². The zero-order valence-corrected chi connectivity index (χ0v) is 14.8. The molecule has 1 atom stereocenters. The highest BCUT2D eigenvalue weighted by Crippen LogP contribution is 2.32. The largest absolute Gasteiger partial charge is 0.289 e. The number of hydrogen-bond donors (Lipinski definition) is 0. The van der Waals surface area contributed by atoms with Crippen LogP contribution in [0.2, 0.25) is 0 Å². The molecule has 0 amide bonds. The predicted octanol–water partition coefficient (Wildman–Crippen LogP) is 3.39. The maximum absolute atomic E-state index is 13.2. The highest BCUT2D eigenvalue weighted by Gasteiger charge is 2.31. The Morgan fingerprint density at radius 2 is 2.04 bits per heavy atom. The molecule has 4 rings (SSSR count). The third-order valence-corrected chi connectivity index (χ3v) is 4.98. The predicted molar refractivity (Wildman–Crippen MR) is 98.6 cm³/mol. The summed E-state index contributed by atoms with van der Waals surface area (Å²) in [4.78, 5) is 23.8. The van der Waals surface area contributed by atoms with Gasteiger partial charge in [-0.15, -0.1) is 0 Å². The molecule has 1 aliphatic rings. The van der Waals surface area contributed by atoms with Gasteiger partial charge in [-0.1, -0.05) is 18.2 Å². The van der Waals surface area contributed by atoms with E-state index in [9.17, 15) is 13.6 Å². The van der Waals surface area contributed by atoms with Crippen LogP contribution in [-0.2, 0) is 13.1 Å². The van der Waals surface area contributed by atoms with E-state index in [4.69, 9.17) is 0 Å². The molecule has 140 valence electrons.